The van der Waals surface area contributed by atoms with Crippen molar-refractivity contribution >= 4 is 5.97 Å². The van der Waals surface area contributed by atoms with Gasteiger partial charge >= 0.3 is 5.97 Å². The van der Waals surface area contributed by atoms with E-state index < -0.39 is 5.97 Å². The quantitative estimate of drug-likeness (QED) is 0.147. The lowest BCUT2D eigenvalue weighted by atomic mass is 10.1. The van der Waals surface area contributed by atoms with E-state index in [1.165, 1.54) is 56.1 Å². The second-order valence-electron chi connectivity index (χ2n) is 10.0. The van der Waals surface area contributed by atoms with Crippen molar-refractivity contribution in [2.24, 2.45) is 0 Å². The Labute approximate surface area is 234 Å². The van der Waals surface area contributed by atoms with E-state index in [2.05, 4.69) is 50.2 Å². The van der Waals surface area contributed by atoms with Crippen molar-refractivity contribution in [3.8, 4) is 22.6 Å². The minimum atomic E-state index is -0.904. The number of hydrogen-bond acceptors (Lipinski definition) is 4. The van der Waals surface area contributed by atoms with Gasteiger partial charge in [-0.2, -0.15) is 0 Å². The molecule has 5 nitrogen and oxygen atoms in total. The molecule has 0 unspecified atom stereocenters. The van der Waals surface area contributed by atoms with Crippen LogP contribution in [0.1, 0.15) is 82.0 Å². The van der Waals surface area contributed by atoms with Crippen LogP contribution in [0.25, 0.3) is 11.1 Å². The Morgan fingerprint density at radius 2 is 1.28 bits per heavy atom. The van der Waals surface area contributed by atoms with E-state index in [0.29, 0.717) is 31.0 Å². The van der Waals surface area contributed by atoms with Gasteiger partial charge < -0.3 is 19.3 Å². The summed E-state index contributed by atoms with van der Waals surface area (Å²) in [4.78, 5) is 10.7. The Hall–Kier alpha value is -3.31. The van der Waals surface area contributed by atoms with Crippen LogP contribution in [0.5, 0.6) is 11.5 Å². The Kier molecular flexibility index (Phi) is 13.4. The number of epoxide rings is 1. The lowest BCUT2D eigenvalue weighted by Crippen LogP contribution is -2.07. The highest BCUT2D eigenvalue weighted by Crippen LogP contribution is 2.28. The molecule has 0 aromatic heterocycles. The molecule has 1 heterocycles. The Morgan fingerprint density at radius 1 is 0.692 bits per heavy atom. The molecule has 0 spiro atoms. The minimum absolute atomic E-state index is 0.295. The molecule has 1 saturated heterocycles. The van der Waals surface area contributed by atoms with Crippen LogP contribution >= 0.6 is 0 Å². The van der Waals surface area contributed by atoms with Gasteiger partial charge in [-0.15, -0.1) is 0 Å². The van der Waals surface area contributed by atoms with Gasteiger partial charge in [-0.25, -0.2) is 4.79 Å². The summed E-state index contributed by atoms with van der Waals surface area (Å²) in [5.74, 6) is 0.755. The summed E-state index contributed by atoms with van der Waals surface area (Å²) in [6.45, 7) is 5.78. The Bertz CT molecular complexity index is 1060. The van der Waals surface area contributed by atoms with Crippen LogP contribution in [0.3, 0.4) is 0 Å². The lowest BCUT2D eigenvalue weighted by molar-refractivity contribution is 0.0697. The smallest absolute Gasteiger partial charge is 0.335 e. The number of aromatic carboxylic acids is 1. The monoisotopic (exact) mass is 532 g/mol. The summed E-state index contributed by atoms with van der Waals surface area (Å²) in [7, 11) is 0. The van der Waals surface area contributed by atoms with Crippen molar-refractivity contribution in [2.75, 3.05) is 13.2 Å². The van der Waals surface area contributed by atoms with E-state index in [0.717, 1.165) is 24.3 Å². The van der Waals surface area contributed by atoms with Crippen LogP contribution in [-0.2, 0) is 4.74 Å². The highest BCUT2D eigenvalue weighted by atomic mass is 16.6. The van der Waals surface area contributed by atoms with Gasteiger partial charge in [-0.05, 0) is 60.4 Å². The third-order valence-corrected chi connectivity index (χ3v) is 6.75. The Balaban J connectivity index is 0.000000216. The number of carboxylic acid groups (broad SMARTS) is 1. The van der Waals surface area contributed by atoms with Gasteiger partial charge in [0.1, 0.15) is 24.2 Å². The fraction of sp³-hybridized carbons (Fsp3) is 0.441. The van der Waals surface area contributed by atoms with Crippen LogP contribution in [0.4, 0.5) is 0 Å². The van der Waals surface area contributed by atoms with Gasteiger partial charge in [0.05, 0.1) is 18.3 Å². The number of rotatable bonds is 16. The van der Waals surface area contributed by atoms with E-state index >= 15 is 0 Å². The number of benzene rings is 3. The molecule has 3 aromatic rings. The molecular formula is C34H44O5. The molecule has 0 bridgehead atoms. The molecule has 2 atom stereocenters. The third-order valence-electron chi connectivity index (χ3n) is 6.75. The maximum atomic E-state index is 10.7. The van der Waals surface area contributed by atoms with Crippen molar-refractivity contribution < 1.29 is 24.1 Å². The first-order chi connectivity index (χ1) is 19.1. The zero-order valence-corrected chi connectivity index (χ0v) is 23.5. The Morgan fingerprint density at radius 3 is 1.92 bits per heavy atom. The van der Waals surface area contributed by atoms with E-state index in [-0.39, 0.29) is 0 Å². The summed E-state index contributed by atoms with van der Waals surface area (Å²) in [6.07, 6.45) is 11.9. The second kappa shape index (κ2) is 17.3. The highest BCUT2D eigenvalue weighted by Gasteiger charge is 2.38. The van der Waals surface area contributed by atoms with E-state index in [1.54, 1.807) is 24.3 Å². The van der Waals surface area contributed by atoms with Gasteiger partial charge in [0.15, 0.2) is 0 Å². The van der Waals surface area contributed by atoms with Crippen LogP contribution in [0.2, 0.25) is 0 Å². The van der Waals surface area contributed by atoms with Gasteiger partial charge in [0.25, 0.3) is 0 Å². The summed E-state index contributed by atoms with van der Waals surface area (Å²) < 4.78 is 16.9. The maximum Gasteiger partial charge on any atom is 0.335 e. The highest BCUT2D eigenvalue weighted by molar-refractivity contribution is 5.87. The minimum Gasteiger partial charge on any atom is -0.494 e. The molecule has 0 saturated carbocycles. The topological polar surface area (TPSA) is 68.3 Å². The van der Waals surface area contributed by atoms with Crippen molar-refractivity contribution in [3.05, 3.63) is 84.4 Å². The molecule has 1 aliphatic heterocycles. The summed E-state index contributed by atoms with van der Waals surface area (Å²) in [6, 6.07) is 25.2. The molecule has 3 aromatic carbocycles. The molecule has 4 rings (SSSR count). The molecular weight excluding hydrogens is 488 g/mol. The van der Waals surface area contributed by atoms with E-state index in [4.69, 9.17) is 19.3 Å². The van der Waals surface area contributed by atoms with Crippen LogP contribution in [0.15, 0.2) is 78.9 Å². The molecule has 5 heteroatoms. The van der Waals surface area contributed by atoms with Gasteiger partial charge in [-0.3, -0.25) is 0 Å². The maximum absolute atomic E-state index is 10.7. The molecule has 0 aliphatic carbocycles. The van der Waals surface area contributed by atoms with Crippen molar-refractivity contribution in [1.82, 2.24) is 0 Å². The molecule has 1 aliphatic rings. The van der Waals surface area contributed by atoms with Gasteiger partial charge in [-0.1, -0.05) is 101 Å². The third kappa shape index (κ3) is 11.5. The first kappa shape index (κ1) is 30.2. The number of carbonyl (C=O) groups is 1. The van der Waals surface area contributed by atoms with Crippen molar-refractivity contribution in [1.29, 1.82) is 0 Å². The molecule has 39 heavy (non-hydrogen) atoms. The molecule has 1 N–H and O–H groups in total. The standard InChI is InChI=1S/C18H20O2.C16H24O3/c1-2-6-17-18(20-17)13-19-16-11-9-15(10-12-16)14-7-4-3-5-8-14;1-2-3-4-5-6-7-8-13-19-15-11-9-14(10-12-15)16(17)18/h3-5,7-12,17-18H,2,6,13H2,1H3;9-12H,2-8,13H2,1H3,(H,17,18)/t17-,18-;/m1./s1. The van der Waals surface area contributed by atoms with Crippen molar-refractivity contribution in [2.45, 2.75) is 83.8 Å². The summed E-state index contributed by atoms with van der Waals surface area (Å²) >= 11 is 0. The van der Waals surface area contributed by atoms with Crippen molar-refractivity contribution in [3.63, 3.8) is 0 Å². The van der Waals surface area contributed by atoms with Crippen LogP contribution in [-0.4, -0.2) is 36.5 Å². The van der Waals surface area contributed by atoms with E-state index in [9.17, 15) is 4.79 Å². The zero-order chi connectivity index (χ0) is 27.7. The van der Waals surface area contributed by atoms with Crippen LogP contribution < -0.4 is 9.47 Å². The molecule has 1 fully saturated rings. The zero-order valence-electron chi connectivity index (χ0n) is 23.5. The number of ether oxygens (including phenoxy) is 3. The SMILES string of the molecule is CCCCCCCCCOc1ccc(C(=O)O)cc1.CCC[C@H]1O[C@@H]1COc1ccc(-c2ccccc2)cc1. The largest absolute Gasteiger partial charge is 0.494 e. The van der Waals surface area contributed by atoms with Gasteiger partial charge in [0, 0.05) is 0 Å². The average molecular weight is 533 g/mol. The summed E-state index contributed by atoms with van der Waals surface area (Å²) in [5, 5.41) is 8.77. The van der Waals surface area contributed by atoms with E-state index in [1.807, 2.05) is 18.2 Å². The predicted octanol–water partition coefficient (Wildman–Crippen LogP) is 8.81. The predicted molar refractivity (Wildman–Crippen MR) is 158 cm³/mol. The van der Waals surface area contributed by atoms with Gasteiger partial charge in [0.2, 0.25) is 0 Å². The second-order valence-corrected chi connectivity index (χ2v) is 10.0. The first-order valence-electron chi connectivity index (χ1n) is 14.5. The normalized spacial score (nSPS) is 15.6. The number of hydrogen-bond donors (Lipinski definition) is 1. The number of carboxylic acids is 1. The lowest BCUT2D eigenvalue weighted by Gasteiger charge is -2.06. The molecule has 210 valence electrons. The molecule has 0 amide bonds. The fourth-order valence-corrected chi connectivity index (χ4v) is 4.36. The first-order valence-corrected chi connectivity index (χ1v) is 14.5. The average Bonchev–Trinajstić information content (AvgIpc) is 3.72. The fourth-order valence-electron chi connectivity index (χ4n) is 4.36. The summed E-state index contributed by atoms with van der Waals surface area (Å²) in [5.41, 5.74) is 2.74. The molecule has 0 radical (unpaired) electrons. The number of unbranched alkanes of at least 4 members (excludes halogenated alkanes) is 6. The van der Waals surface area contributed by atoms with Crippen LogP contribution in [0, 0.1) is 0 Å².